The van der Waals surface area contributed by atoms with Gasteiger partial charge in [0.05, 0.1) is 11.0 Å². The fourth-order valence-corrected chi connectivity index (χ4v) is 3.71. The minimum atomic E-state index is -0.391. The van der Waals surface area contributed by atoms with Crippen LogP contribution in [0.15, 0.2) is 12.1 Å². The zero-order valence-electron chi connectivity index (χ0n) is 14.4. The van der Waals surface area contributed by atoms with E-state index in [0.29, 0.717) is 23.8 Å². The molecule has 3 heterocycles. The number of hydrogen-bond acceptors (Lipinski definition) is 6. The van der Waals surface area contributed by atoms with Gasteiger partial charge < -0.3 is 15.0 Å². The number of aromatic nitrogens is 1. The average Bonchev–Trinajstić information content (AvgIpc) is 3.03. The van der Waals surface area contributed by atoms with E-state index in [4.69, 9.17) is 4.74 Å². The second-order valence-corrected chi connectivity index (χ2v) is 6.97. The second kappa shape index (κ2) is 7.44. The van der Waals surface area contributed by atoms with Crippen LogP contribution in [-0.4, -0.2) is 53.2 Å². The topological polar surface area (TPSA) is 80.5 Å². The minimum Gasteiger partial charge on any atom is -0.377 e. The maximum Gasteiger partial charge on any atom is 0.290 e. The fourth-order valence-electron chi connectivity index (χ4n) is 3.71. The molecule has 132 valence electrons. The van der Waals surface area contributed by atoms with E-state index in [2.05, 4.69) is 22.1 Å². The largest absolute Gasteiger partial charge is 0.377 e. The van der Waals surface area contributed by atoms with Crippen molar-refractivity contribution in [3.05, 3.63) is 27.9 Å². The zero-order valence-corrected chi connectivity index (χ0v) is 14.4. The molecular weight excluding hydrogens is 308 g/mol. The standard InChI is InChI=1S/C17H26N4O3/c1-12-10-20(11-14-4-3-9-24-14)8-7-15(12)19-17-6-5-16(21(22)23)13(2)18-17/h5-6,12,14-15H,3-4,7-11H2,1-2H3,(H,18,19). The molecule has 0 radical (unpaired) electrons. The van der Waals surface area contributed by atoms with Crippen LogP contribution in [0.5, 0.6) is 0 Å². The predicted octanol–water partition coefficient (Wildman–Crippen LogP) is 2.60. The molecule has 2 aliphatic heterocycles. The summed E-state index contributed by atoms with van der Waals surface area (Å²) in [6, 6.07) is 3.58. The van der Waals surface area contributed by atoms with Gasteiger partial charge >= 0.3 is 0 Å². The summed E-state index contributed by atoms with van der Waals surface area (Å²) >= 11 is 0. The van der Waals surface area contributed by atoms with Gasteiger partial charge in [0.25, 0.3) is 5.69 Å². The van der Waals surface area contributed by atoms with Gasteiger partial charge in [-0.25, -0.2) is 4.98 Å². The normalized spacial score (nSPS) is 28.0. The monoisotopic (exact) mass is 334 g/mol. The number of nitro groups is 1. The van der Waals surface area contributed by atoms with Gasteiger partial charge in [-0.3, -0.25) is 10.1 Å². The van der Waals surface area contributed by atoms with Gasteiger partial charge in [0.15, 0.2) is 0 Å². The molecule has 0 spiro atoms. The van der Waals surface area contributed by atoms with E-state index < -0.39 is 4.92 Å². The molecule has 2 saturated heterocycles. The van der Waals surface area contributed by atoms with E-state index in [-0.39, 0.29) is 5.69 Å². The van der Waals surface area contributed by atoms with Crippen LogP contribution in [0.1, 0.15) is 31.9 Å². The molecule has 2 fully saturated rings. The Morgan fingerprint density at radius 2 is 2.29 bits per heavy atom. The Balaban J connectivity index is 1.55. The Hall–Kier alpha value is -1.73. The smallest absolute Gasteiger partial charge is 0.290 e. The summed E-state index contributed by atoms with van der Waals surface area (Å²) < 4.78 is 5.73. The van der Waals surface area contributed by atoms with Crippen molar-refractivity contribution in [1.29, 1.82) is 0 Å². The molecule has 3 atom stereocenters. The minimum absolute atomic E-state index is 0.0694. The van der Waals surface area contributed by atoms with Crippen molar-refractivity contribution in [2.75, 3.05) is 31.6 Å². The molecule has 1 aromatic heterocycles. The van der Waals surface area contributed by atoms with Crippen LogP contribution < -0.4 is 5.32 Å². The number of anilines is 1. The second-order valence-electron chi connectivity index (χ2n) is 6.97. The molecule has 7 nitrogen and oxygen atoms in total. The third kappa shape index (κ3) is 4.02. The number of piperidine rings is 1. The predicted molar refractivity (Wildman–Crippen MR) is 92.2 cm³/mol. The van der Waals surface area contributed by atoms with E-state index in [1.54, 1.807) is 13.0 Å². The molecule has 24 heavy (non-hydrogen) atoms. The molecule has 0 aromatic carbocycles. The maximum absolute atomic E-state index is 10.9. The summed E-state index contributed by atoms with van der Waals surface area (Å²) in [6.07, 6.45) is 3.81. The van der Waals surface area contributed by atoms with Gasteiger partial charge in [-0.1, -0.05) is 6.92 Å². The van der Waals surface area contributed by atoms with E-state index in [0.717, 1.165) is 38.5 Å². The molecular formula is C17H26N4O3. The Kier molecular flexibility index (Phi) is 5.30. The van der Waals surface area contributed by atoms with Crippen molar-refractivity contribution in [3.8, 4) is 0 Å². The lowest BCUT2D eigenvalue weighted by Crippen LogP contribution is -2.47. The fraction of sp³-hybridized carbons (Fsp3) is 0.706. The first-order valence-electron chi connectivity index (χ1n) is 8.75. The van der Waals surface area contributed by atoms with Crippen LogP contribution in [0.2, 0.25) is 0 Å². The molecule has 7 heteroatoms. The number of hydrogen-bond donors (Lipinski definition) is 1. The van der Waals surface area contributed by atoms with Crippen molar-refractivity contribution in [3.63, 3.8) is 0 Å². The highest BCUT2D eigenvalue weighted by molar-refractivity contribution is 5.45. The highest BCUT2D eigenvalue weighted by atomic mass is 16.6. The maximum atomic E-state index is 10.9. The summed E-state index contributed by atoms with van der Waals surface area (Å²) in [5.41, 5.74) is 0.522. The van der Waals surface area contributed by atoms with Gasteiger partial charge in [-0.05, 0) is 38.2 Å². The average molecular weight is 334 g/mol. The molecule has 0 saturated carbocycles. The third-order valence-electron chi connectivity index (χ3n) is 5.06. The van der Waals surface area contributed by atoms with Gasteiger partial charge in [-0.15, -0.1) is 0 Å². The van der Waals surface area contributed by atoms with Crippen LogP contribution >= 0.6 is 0 Å². The van der Waals surface area contributed by atoms with Crippen LogP contribution in [0.3, 0.4) is 0 Å². The molecule has 3 rings (SSSR count). The molecule has 3 unspecified atom stereocenters. The number of nitrogens with zero attached hydrogens (tertiary/aromatic N) is 3. The Labute approximate surface area is 142 Å². The highest BCUT2D eigenvalue weighted by Gasteiger charge is 2.29. The summed E-state index contributed by atoms with van der Waals surface area (Å²) in [4.78, 5) is 17.3. The van der Waals surface area contributed by atoms with Crippen molar-refractivity contribution < 1.29 is 9.66 Å². The van der Waals surface area contributed by atoms with Crippen LogP contribution in [-0.2, 0) is 4.74 Å². The Morgan fingerprint density at radius 1 is 1.46 bits per heavy atom. The van der Waals surface area contributed by atoms with E-state index in [1.807, 2.05) is 0 Å². The first kappa shape index (κ1) is 17.1. The summed E-state index contributed by atoms with van der Waals surface area (Å²) in [7, 11) is 0. The summed E-state index contributed by atoms with van der Waals surface area (Å²) in [6.45, 7) is 7.96. The molecule has 1 aromatic rings. The highest BCUT2D eigenvalue weighted by Crippen LogP contribution is 2.24. The van der Waals surface area contributed by atoms with Crippen LogP contribution in [0.4, 0.5) is 11.5 Å². The van der Waals surface area contributed by atoms with Crippen molar-refractivity contribution in [1.82, 2.24) is 9.88 Å². The first-order chi connectivity index (χ1) is 11.5. The SMILES string of the molecule is Cc1nc(NC2CCN(CC3CCCO3)CC2C)ccc1[N+](=O)[O-]. The lowest BCUT2D eigenvalue weighted by Gasteiger charge is -2.38. The summed E-state index contributed by atoms with van der Waals surface area (Å²) in [5.74, 6) is 1.22. The lowest BCUT2D eigenvalue weighted by molar-refractivity contribution is -0.385. The first-order valence-corrected chi connectivity index (χ1v) is 8.75. The Morgan fingerprint density at radius 3 is 2.92 bits per heavy atom. The van der Waals surface area contributed by atoms with Crippen molar-refractivity contribution >= 4 is 11.5 Å². The summed E-state index contributed by atoms with van der Waals surface area (Å²) in [5, 5.41) is 14.3. The van der Waals surface area contributed by atoms with Crippen molar-refractivity contribution in [2.45, 2.75) is 45.3 Å². The van der Waals surface area contributed by atoms with Gasteiger partial charge in [0.2, 0.25) is 0 Å². The Bertz CT molecular complexity index is 589. The molecule has 0 amide bonds. The van der Waals surface area contributed by atoms with E-state index >= 15 is 0 Å². The van der Waals surface area contributed by atoms with Gasteiger partial charge in [0, 0.05) is 38.3 Å². The van der Waals surface area contributed by atoms with Crippen LogP contribution in [0.25, 0.3) is 0 Å². The lowest BCUT2D eigenvalue weighted by atomic mass is 9.93. The molecule has 0 aliphatic carbocycles. The number of likely N-dealkylation sites (tertiary alicyclic amines) is 1. The molecule has 0 bridgehead atoms. The number of ether oxygens (including phenoxy) is 1. The number of nitrogens with one attached hydrogen (secondary N) is 1. The van der Waals surface area contributed by atoms with E-state index in [1.165, 1.54) is 18.9 Å². The van der Waals surface area contributed by atoms with Crippen molar-refractivity contribution in [2.24, 2.45) is 5.92 Å². The number of rotatable bonds is 5. The van der Waals surface area contributed by atoms with E-state index in [9.17, 15) is 10.1 Å². The van der Waals surface area contributed by atoms with Gasteiger partial charge in [0.1, 0.15) is 11.5 Å². The third-order valence-corrected chi connectivity index (χ3v) is 5.06. The van der Waals surface area contributed by atoms with Gasteiger partial charge in [-0.2, -0.15) is 0 Å². The van der Waals surface area contributed by atoms with Crippen LogP contribution in [0, 0.1) is 23.0 Å². The number of aryl methyl sites for hydroxylation is 1. The number of pyridine rings is 1. The zero-order chi connectivity index (χ0) is 17.1. The quantitative estimate of drug-likeness (QED) is 0.658. The molecule has 2 aliphatic rings. The molecule has 1 N–H and O–H groups in total.